The summed E-state index contributed by atoms with van der Waals surface area (Å²) in [7, 11) is 0. The van der Waals surface area contributed by atoms with Crippen LogP contribution >= 0.6 is 0 Å². The zero-order valence-corrected chi connectivity index (χ0v) is 12.6. The van der Waals surface area contributed by atoms with Gasteiger partial charge in [-0.05, 0) is 36.6 Å². The van der Waals surface area contributed by atoms with Crippen LogP contribution in [0.4, 0.5) is 5.69 Å². The van der Waals surface area contributed by atoms with Crippen molar-refractivity contribution in [3.63, 3.8) is 0 Å². The van der Waals surface area contributed by atoms with Gasteiger partial charge in [0, 0.05) is 23.7 Å². The topological polar surface area (TPSA) is 95.5 Å². The molecule has 3 atom stereocenters. The summed E-state index contributed by atoms with van der Waals surface area (Å²) in [4.78, 5) is 34.4. The molecule has 3 unspecified atom stereocenters. The smallest absolute Gasteiger partial charge is 0.308 e. The number of hydrogen-bond donors (Lipinski definition) is 3. The van der Waals surface area contributed by atoms with Gasteiger partial charge in [-0.2, -0.15) is 0 Å². The normalized spacial score (nSPS) is 20.8. The number of carbonyl (C=O) groups excluding carboxylic acids is 2. The van der Waals surface area contributed by atoms with E-state index in [0.29, 0.717) is 17.2 Å². The SMILES string of the molecule is CC(CNC(=O)c1ccc(NC(=O)C2CC2C)cc1)C(=O)O. The van der Waals surface area contributed by atoms with Gasteiger partial charge in [0.05, 0.1) is 5.92 Å². The molecule has 1 saturated carbocycles. The van der Waals surface area contributed by atoms with Crippen molar-refractivity contribution in [3.8, 4) is 0 Å². The van der Waals surface area contributed by atoms with Crippen LogP contribution in [0.2, 0.25) is 0 Å². The standard InChI is InChI=1S/C16H20N2O4/c1-9-7-13(9)15(20)18-12-5-3-11(4-6-12)14(19)17-8-10(2)16(21)22/h3-6,9-10,13H,7-8H2,1-2H3,(H,17,19)(H,18,20)(H,21,22). The third kappa shape index (κ3) is 4.07. The third-order valence-electron chi connectivity index (χ3n) is 3.85. The van der Waals surface area contributed by atoms with Crippen molar-refractivity contribution in [3.05, 3.63) is 29.8 Å². The molecule has 1 fully saturated rings. The van der Waals surface area contributed by atoms with Crippen molar-refractivity contribution < 1.29 is 19.5 Å². The van der Waals surface area contributed by atoms with E-state index in [2.05, 4.69) is 10.6 Å². The Bertz CT molecular complexity index is 582. The van der Waals surface area contributed by atoms with E-state index in [1.54, 1.807) is 24.3 Å². The van der Waals surface area contributed by atoms with E-state index in [-0.39, 0.29) is 24.3 Å². The molecule has 6 heteroatoms. The second-order valence-electron chi connectivity index (χ2n) is 5.84. The third-order valence-corrected chi connectivity index (χ3v) is 3.85. The van der Waals surface area contributed by atoms with Gasteiger partial charge in [-0.1, -0.05) is 13.8 Å². The highest BCUT2D eigenvalue weighted by Gasteiger charge is 2.39. The number of carbonyl (C=O) groups is 3. The summed E-state index contributed by atoms with van der Waals surface area (Å²) in [5.41, 5.74) is 1.08. The fourth-order valence-electron chi connectivity index (χ4n) is 2.06. The van der Waals surface area contributed by atoms with E-state index in [4.69, 9.17) is 5.11 Å². The highest BCUT2D eigenvalue weighted by Crippen LogP contribution is 2.38. The Kier molecular flexibility index (Phi) is 4.80. The molecule has 6 nitrogen and oxygen atoms in total. The Hall–Kier alpha value is -2.37. The second-order valence-corrected chi connectivity index (χ2v) is 5.84. The maximum absolute atomic E-state index is 11.9. The Morgan fingerprint density at radius 2 is 1.86 bits per heavy atom. The minimum atomic E-state index is -0.951. The molecule has 2 amide bonds. The molecule has 3 N–H and O–H groups in total. The van der Waals surface area contributed by atoms with E-state index in [9.17, 15) is 14.4 Å². The van der Waals surface area contributed by atoms with Gasteiger partial charge in [0.2, 0.25) is 5.91 Å². The first-order valence-corrected chi connectivity index (χ1v) is 7.30. The summed E-state index contributed by atoms with van der Waals surface area (Å²) >= 11 is 0. The molecular formula is C16H20N2O4. The number of rotatable bonds is 6. The van der Waals surface area contributed by atoms with Crippen molar-refractivity contribution in [1.82, 2.24) is 5.32 Å². The number of nitrogens with one attached hydrogen (secondary N) is 2. The molecule has 0 bridgehead atoms. The maximum atomic E-state index is 11.9. The predicted octanol–water partition coefficient (Wildman–Crippen LogP) is 1.73. The van der Waals surface area contributed by atoms with E-state index < -0.39 is 11.9 Å². The Balaban J connectivity index is 1.86. The number of aliphatic carboxylic acids is 1. The van der Waals surface area contributed by atoms with Gasteiger partial charge in [0.1, 0.15) is 0 Å². The van der Waals surface area contributed by atoms with Crippen molar-refractivity contribution >= 4 is 23.5 Å². The first-order chi connectivity index (χ1) is 10.4. The lowest BCUT2D eigenvalue weighted by atomic mass is 10.1. The van der Waals surface area contributed by atoms with Gasteiger partial charge < -0.3 is 15.7 Å². The molecule has 1 aromatic carbocycles. The van der Waals surface area contributed by atoms with Crippen LogP contribution in [0.25, 0.3) is 0 Å². The lowest BCUT2D eigenvalue weighted by molar-refractivity contribution is -0.140. The highest BCUT2D eigenvalue weighted by atomic mass is 16.4. The molecule has 118 valence electrons. The lowest BCUT2D eigenvalue weighted by Crippen LogP contribution is -2.31. The van der Waals surface area contributed by atoms with Crippen LogP contribution < -0.4 is 10.6 Å². The summed E-state index contributed by atoms with van der Waals surface area (Å²) in [5.74, 6) is -1.36. The van der Waals surface area contributed by atoms with Gasteiger partial charge in [-0.15, -0.1) is 0 Å². The number of hydrogen-bond acceptors (Lipinski definition) is 3. The number of anilines is 1. The van der Waals surface area contributed by atoms with Crippen molar-refractivity contribution in [2.24, 2.45) is 17.8 Å². The van der Waals surface area contributed by atoms with Gasteiger partial charge >= 0.3 is 5.97 Å². The monoisotopic (exact) mass is 304 g/mol. The average Bonchev–Trinajstić information content (AvgIpc) is 3.22. The molecule has 0 heterocycles. The van der Waals surface area contributed by atoms with Gasteiger partial charge in [-0.25, -0.2) is 0 Å². The fraction of sp³-hybridized carbons (Fsp3) is 0.438. The van der Waals surface area contributed by atoms with Gasteiger partial charge in [-0.3, -0.25) is 14.4 Å². The van der Waals surface area contributed by atoms with Crippen molar-refractivity contribution in [2.45, 2.75) is 20.3 Å². The van der Waals surface area contributed by atoms with Crippen molar-refractivity contribution in [2.75, 3.05) is 11.9 Å². The van der Waals surface area contributed by atoms with Gasteiger partial charge in [0.15, 0.2) is 0 Å². The first-order valence-electron chi connectivity index (χ1n) is 7.30. The fourth-order valence-corrected chi connectivity index (χ4v) is 2.06. The van der Waals surface area contributed by atoms with Crippen LogP contribution in [-0.4, -0.2) is 29.4 Å². The maximum Gasteiger partial charge on any atom is 0.308 e. The van der Waals surface area contributed by atoms with Crippen LogP contribution in [0.3, 0.4) is 0 Å². The van der Waals surface area contributed by atoms with Crippen LogP contribution in [0.5, 0.6) is 0 Å². The molecular weight excluding hydrogens is 284 g/mol. The summed E-state index contributed by atoms with van der Waals surface area (Å²) in [5, 5.41) is 14.1. The molecule has 0 aromatic heterocycles. The largest absolute Gasteiger partial charge is 0.481 e. The van der Waals surface area contributed by atoms with Crippen LogP contribution in [0, 0.1) is 17.8 Å². The quantitative estimate of drug-likeness (QED) is 0.746. The van der Waals surface area contributed by atoms with E-state index in [0.717, 1.165) is 6.42 Å². The second kappa shape index (κ2) is 6.60. The van der Waals surface area contributed by atoms with Crippen LogP contribution in [0.15, 0.2) is 24.3 Å². The number of carboxylic acid groups (broad SMARTS) is 1. The summed E-state index contributed by atoms with van der Waals surface area (Å²) in [6, 6.07) is 6.54. The molecule has 22 heavy (non-hydrogen) atoms. The summed E-state index contributed by atoms with van der Waals surface area (Å²) < 4.78 is 0. The predicted molar refractivity (Wildman–Crippen MR) is 81.5 cm³/mol. The van der Waals surface area contributed by atoms with Crippen LogP contribution in [0.1, 0.15) is 30.6 Å². The molecule has 1 aliphatic rings. The first kappa shape index (κ1) is 16.0. The molecule has 0 saturated heterocycles. The molecule has 1 aromatic rings. The number of carboxylic acids is 1. The summed E-state index contributed by atoms with van der Waals surface area (Å²) in [6.45, 7) is 3.64. The molecule has 0 radical (unpaired) electrons. The van der Waals surface area contributed by atoms with E-state index in [1.165, 1.54) is 6.92 Å². The van der Waals surface area contributed by atoms with E-state index in [1.807, 2.05) is 6.92 Å². The highest BCUT2D eigenvalue weighted by molar-refractivity contribution is 5.97. The lowest BCUT2D eigenvalue weighted by Gasteiger charge is -2.09. The Morgan fingerprint density at radius 3 is 2.36 bits per heavy atom. The van der Waals surface area contributed by atoms with Crippen molar-refractivity contribution in [1.29, 1.82) is 0 Å². The van der Waals surface area contributed by atoms with Crippen LogP contribution in [-0.2, 0) is 9.59 Å². The molecule has 1 aliphatic carbocycles. The molecule has 0 aliphatic heterocycles. The van der Waals surface area contributed by atoms with E-state index >= 15 is 0 Å². The summed E-state index contributed by atoms with van der Waals surface area (Å²) in [6.07, 6.45) is 0.925. The Morgan fingerprint density at radius 1 is 1.27 bits per heavy atom. The number of benzene rings is 1. The average molecular weight is 304 g/mol. The van der Waals surface area contributed by atoms with Gasteiger partial charge in [0.25, 0.3) is 5.91 Å². The Labute approximate surface area is 128 Å². The molecule has 2 rings (SSSR count). The molecule has 0 spiro atoms. The zero-order valence-electron chi connectivity index (χ0n) is 12.6. The minimum absolute atomic E-state index is 0.0139. The number of amides is 2. The minimum Gasteiger partial charge on any atom is -0.481 e. The zero-order chi connectivity index (χ0) is 16.3.